The van der Waals surface area contributed by atoms with Crippen molar-refractivity contribution in [1.82, 2.24) is 0 Å². The summed E-state index contributed by atoms with van der Waals surface area (Å²) in [4.78, 5) is 3.98. The van der Waals surface area contributed by atoms with E-state index in [2.05, 4.69) is 24.1 Å². The van der Waals surface area contributed by atoms with Crippen molar-refractivity contribution in [1.29, 1.82) is 0 Å². The summed E-state index contributed by atoms with van der Waals surface area (Å²) in [5, 5.41) is 0. The molecule has 0 aromatic rings. The Balaban J connectivity index is 2.58. The van der Waals surface area contributed by atoms with Gasteiger partial charge in [-0.25, -0.2) is 0 Å². The summed E-state index contributed by atoms with van der Waals surface area (Å²) in [5.41, 5.74) is 0. The average Bonchev–Trinajstić information content (AvgIpc) is 2.13. The van der Waals surface area contributed by atoms with Gasteiger partial charge in [-0.15, -0.1) is 0 Å². The molecule has 1 nitrogen and oxygen atoms in total. The summed E-state index contributed by atoms with van der Waals surface area (Å²) in [6.07, 6.45) is 11.1. The van der Waals surface area contributed by atoms with Crippen LogP contribution in [0.2, 0.25) is 0 Å². The highest BCUT2D eigenvalue weighted by atomic mass is 14.7. The molecule has 0 radical (unpaired) electrons. The van der Waals surface area contributed by atoms with E-state index >= 15 is 0 Å². The Kier molecular flexibility index (Phi) is 2.25. The van der Waals surface area contributed by atoms with Crippen molar-refractivity contribution in [2.75, 3.05) is 0 Å². The molecule has 1 heterocycles. The maximum Gasteiger partial charge on any atom is 0.0264 e. The Morgan fingerprint density at radius 2 is 2.33 bits per heavy atom. The van der Waals surface area contributed by atoms with Gasteiger partial charge in [0.2, 0.25) is 0 Å². The van der Waals surface area contributed by atoms with Gasteiger partial charge >= 0.3 is 0 Å². The van der Waals surface area contributed by atoms with E-state index in [1.165, 1.54) is 0 Å². The molecule has 9 heavy (non-hydrogen) atoms. The minimum Gasteiger partial charge on any atom is -0.265 e. The van der Waals surface area contributed by atoms with Gasteiger partial charge in [-0.05, 0) is 18.4 Å². The second-order valence-electron chi connectivity index (χ2n) is 2.10. The fraction of sp³-hybridized carbons (Fsp3) is 0.375. The zero-order chi connectivity index (χ0) is 6.53. The molecular formula is C8H11N. The number of aliphatic imine (C=N–C) groups is 1. The third-order valence-corrected chi connectivity index (χ3v) is 1.42. The van der Waals surface area contributed by atoms with E-state index in [0.717, 1.165) is 6.42 Å². The molecule has 1 aliphatic rings. The summed E-state index contributed by atoms with van der Waals surface area (Å²) in [5.74, 6) is 0.590. The van der Waals surface area contributed by atoms with E-state index in [0.29, 0.717) is 5.92 Å². The molecule has 1 aliphatic heterocycles. The zero-order valence-electron chi connectivity index (χ0n) is 5.62. The monoisotopic (exact) mass is 121 g/mol. The Hall–Kier alpha value is -0.850. The van der Waals surface area contributed by atoms with E-state index in [1.54, 1.807) is 0 Å². The molecule has 1 unspecified atom stereocenters. The van der Waals surface area contributed by atoms with Crippen LogP contribution in [-0.4, -0.2) is 6.21 Å². The molecule has 1 atom stereocenters. The molecule has 48 valence electrons. The largest absolute Gasteiger partial charge is 0.265 e. The standard InChI is InChI=1S/C8H11N/c1-2-8-4-3-6-9-7-5-8/h3-8H,2H2,1H3. The molecule has 0 N–H and O–H groups in total. The lowest BCUT2D eigenvalue weighted by Crippen LogP contribution is -1.85. The second kappa shape index (κ2) is 3.23. The molecular weight excluding hydrogens is 110 g/mol. The van der Waals surface area contributed by atoms with Crippen molar-refractivity contribution < 1.29 is 0 Å². The van der Waals surface area contributed by atoms with Gasteiger partial charge in [-0.2, -0.15) is 0 Å². The molecule has 1 heteroatoms. The summed E-state index contributed by atoms with van der Waals surface area (Å²) in [7, 11) is 0. The first kappa shape index (κ1) is 6.27. The highest BCUT2D eigenvalue weighted by Gasteiger charge is 1.94. The van der Waals surface area contributed by atoms with Crippen molar-refractivity contribution >= 4 is 6.21 Å². The van der Waals surface area contributed by atoms with Gasteiger partial charge in [0.25, 0.3) is 0 Å². The predicted octanol–water partition coefficient (Wildman–Crippen LogP) is 2.17. The van der Waals surface area contributed by atoms with Crippen LogP contribution in [0, 0.1) is 5.92 Å². The van der Waals surface area contributed by atoms with Gasteiger partial charge in [0.05, 0.1) is 0 Å². The first-order valence-corrected chi connectivity index (χ1v) is 3.30. The molecule has 0 aliphatic carbocycles. The van der Waals surface area contributed by atoms with Crippen LogP contribution < -0.4 is 0 Å². The van der Waals surface area contributed by atoms with E-state index in [-0.39, 0.29) is 0 Å². The summed E-state index contributed by atoms with van der Waals surface area (Å²) < 4.78 is 0. The Labute approximate surface area is 55.8 Å². The first-order valence-electron chi connectivity index (χ1n) is 3.30. The summed E-state index contributed by atoms with van der Waals surface area (Å²) in [6, 6.07) is 0. The van der Waals surface area contributed by atoms with Crippen LogP contribution >= 0.6 is 0 Å². The fourth-order valence-electron chi connectivity index (χ4n) is 0.788. The number of nitrogens with zero attached hydrogens (tertiary/aromatic N) is 1. The quantitative estimate of drug-likeness (QED) is 0.504. The molecule has 0 fully saturated rings. The van der Waals surface area contributed by atoms with E-state index in [9.17, 15) is 0 Å². The fourth-order valence-corrected chi connectivity index (χ4v) is 0.788. The molecule has 0 aromatic heterocycles. The Bertz CT molecular complexity index is 138. The lowest BCUT2D eigenvalue weighted by molar-refractivity contribution is 0.774. The first-order chi connectivity index (χ1) is 4.43. The van der Waals surface area contributed by atoms with Crippen molar-refractivity contribution in [3.05, 3.63) is 24.4 Å². The molecule has 0 spiro atoms. The molecule has 0 aromatic carbocycles. The van der Waals surface area contributed by atoms with Crippen molar-refractivity contribution in [2.24, 2.45) is 10.9 Å². The van der Waals surface area contributed by atoms with Crippen LogP contribution in [0.5, 0.6) is 0 Å². The van der Waals surface area contributed by atoms with Crippen LogP contribution in [-0.2, 0) is 0 Å². The number of rotatable bonds is 1. The van der Waals surface area contributed by atoms with Crippen molar-refractivity contribution in [3.8, 4) is 0 Å². The maximum atomic E-state index is 3.98. The van der Waals surface area contributed by atoms with Crippen molar-refractivity contribution in [2.45, 2.75) is 13.3 Å². The lowest BCUT2D eigenvalue weighted by Gasteiger charge is -1.97. The normalized spacial score (nSPS) is 24.3. The van der Waals surface area contributed by atoms with E-state index < -0.39 is 0 Å². The lowest BCUT2D eigenvalue weighted by atomic mass is 10.1. The summed E-state index contributed by atoms with van der Waals surface area (Å²) in [6.45, 7) is 2.17. The molecule has 0 amide bonds. The molecule has 1 rings (SSSR count). The van der Waals surface area contributed by atoms with Crippen LogP contribution in [0.4, 0.5) is 0 Å². The molecule has 0 bridgehead atoms. The minimum atomic E-state index is 0.590. The highest BCUT2D eigenvalue weighted by molar-refractivity contribution is 5.72. The number of allylic oxidation sites excluding steroid dienone is 3. The van der Waals surface area contributed by atoms with Crippen LogP contribution in [0.25, 0.3) is 0 Å². The summed E-state index contributed by atoms with van der Waals surface area (Å²) >= 11 is 0. The number of hydrogen-bond acceptors (Lipinski definition) is 1. The maximum absolute atomic E-state index is 3.98. The van der Waals surface area contributed by atoms with Gasteiger partial charge in [0.1, 0.15) is 0 Å². The predicted molar refractivity (Wildman–Crippen MR) is 40.6 cm³/mol. The van der Waals surface area contributed by atoms with E-state index in [4.69, 9.17) is 0 Å². The minimum absolute atomic E-state index is 0.590. The second-order valence-corrected chi connectivity index (χ2v) is 2.10. The SMILES string of the molecule is CCC1C=CC=NC=C1. The number of hydrogen-bond donors (Lipinski definition) is 0. The Morgan fingerprint density at radius 1 is 1.44 bits per heavy atom. The topological polar surface area (TPSA) is 12.4 Å². The smallest absolute Gasteiger partial charge is 0.0264 e. The van der Waals surface area contributed by atoms with Crippen LogP contribution in [0.15, 0.2) is 29.4 Å². The van der Waals surface area contributed by atoms with Gasteiger partial charge in [-0.3, -0.25) is 4.99 Å². The van der Waals surface area contributed by atoms with Gasteiger partial charge in [-0.1, -0.05) is 19.1 Å². The van der Waals surface area contributed by atoms with Gasteiger partial charge in [0.15, 0.2) is 0 Å². The van der Waals surface area contributed by atoms with Crippen LogP contribution in [0.1, 0.15) is 13.3 Å². The highest BCUT2D eigenvalue weighted by Crippen LogP contribution is 2.07. The van der Waals surface area contributed by atoms with Crippen LogP contribution in [0.3, 0.4) is 0 Å². The zero-order valence-corrected chi connectivity index (χ0v) is 5.62. The van der Waals surface area contributed by atoms with Gasteiger partial charge in [0, 0.05) is 12.4 Å². The van der Waals surface area contributed by atoms with E-state index in [1.807, 2.05) is 18.5 Å². The van der Waals surface area contributed by atoms with Gasteiger partial charge < -0.3 is 0 Å². The third kappa shape index (κ3) is 1.84. The van der Waals surface area contributed by atoms with Crippen molar-refractivity contribution in [3.63, 3.8) is 0 Å². The molecule has 0 saturated carbocycles. The Morgan fingerprint density at radius 3 is 3.11 bits per heavy atom. The average molecular weight is 121 g/mol. The third-order valence-electron chi connectivity index (χ3n) is 1.42. The molecule has 0 saturated heterocycles.